The van der Waals surface area contributed by atoms with Crippen molar-refractivity contribution in [3.63, 3.8) is 0 Å². The number of hydrogen-bond donors (Lipinski definition) is 5. The van der Waals surface area contributed by atoms with E-state index in [-0.39, 0.29) is 31.3 Å². The highest BCUT2D eigenvalue weighted by Gasteiger charge is 2.39. The van der Waals surface area contributed by atoms with Gasteiger partial charge in [-0.25, -0.2) is 9.55 Å². The zero-order chi connectivity index (χ0) is 21.7. The number of nitrogens with zero attached hydrogens (tertiary/aromatic N) is 3. The summed E-state index contributed by atoms with van der Waals surface area (Å²) in [7, 11) is 0. The van der Waals surface area contributed by atoms with E-state index in [0.29, 0.717) is 12.0 Å². The van der Waals surface area contributed by atoms with Crippen molar-refractivity contribution in [2.45, 2.75) is 37.3 Å². The highest BCUT2D eigenvalue weighted by molar-refractivity contribution is 5.81. The first kappa shape index (κ1) is 21.5. The van der Waals surface area contributed by atoms with Gasteiger partial charge >= 0.3 is 5.82 Å². The quantitative estimate of drug-likeness (QED) is 0.211. The lowest BCUT2D eigenvalue weighted by molar-refractivity contribution is -0.393. The molecule has 12 heteroatoms. The zero-order valence-corrected chi connectivity index (χ0v) is 15.9. The number of nitrogens with two attached hydrogens (primary N) is 1. The number of H-pyrrole nitrogens is 1. The third-order valence-corrected chi connectivity index (χ3v) is 4.62. The van der Waals surface area contributed by atoms with Crippen molar-refractivity contribution in [1.82, 2.24) is 19.9 Å². The number of rotatable bonds is 7. The van der Waals surface area contributed by atoms with Gasteiger partial charge in [-0.15, -0.1) is 0 Å². The summed E-state index contributed by atoms with van der Waals surface area (Å²) in [5.41, 5.74) is 6.91. The van der Waals surface area contributed by atoms with Crippen LogP contribution < -0.4 is 11.1 Å². The van der Waals surface area contributed by atoms with E-state index in [4.69, 9.17) is 10.5 Å². The molecule has 0 aliphatic carbocycles. The Kier molecular flexibility index (Phi) is 6.80. The van der Waals surface area contributed by atoms with E-state index < -0.39 is 29.4 Å². The van der Waals surface area contributed by atoms with E-state index in [1.807, 2.05) is 0 Å². The molecule has 0 bridgehead atoms. The van der Waals surface area contributed by atoms with Crippen molar-refractivity contribution in [2.75, 3.05) is 13.2 Å². The normalized spacial score (nSPS) is 21.6. The number of carbonyl (C=O) groups is 1. The molecule has 0 saturated carbocycles. The molecule has 30 heavy (non-hydrogen) atoms. The van der Waals surface area contributed by atoms with Crippen LogP contribution in [0.4, 0.5) is 5.82 Å². The predicted octanol–water partition coefficient (Wildman–Crippen LogP) is -1.20. The van der Waals surface area contributed by atoms with Gasteiger partial charge in [0.25, 0.3) is 0 Å². The molecule has 1 aliphatic heterocycles. The van der Waals surface area contributed by atoms with Crippen LogP contribution in [0.1, 0.15) is 23.9 Å². The third-order valence-electron chi connectivity index (χ3n) is 4.62. The maximum Gasteiger partial charge on any atom is 0.326 e. The van der Waals surface area contributed by atoms with Crippen LogP contribution in [0.25, 0.3) is 0 Å². The largest absolute Gasteiger partial charge is 0.394 e. The summed E-state index contributed by atoms with van der Waals surface area (Å²) in [5, 5.41) is 33.0. The second-order valence-corrected chi connectivity index (χ2v) is 6.77. The van der Waals surface area contributed by atoms with Crippen LogP contribution in [0.3, 0.4) is 0 Å². The smallest absolute Gasteiger partial charge is 0.326 e. The lowest BCUT2D eigenvalue weighted by Crippen LogP contribution is -2.42. The van der Waals surface area contributed by atoms with E-state index in [9.17, 15) is 25.1 Å². The molecule has 2 aromatic heterocycles. The van der Waals surface area contributed by atoms with Crippen molar-refractivity contribution >= 4 is 11.7 Å². The molecule has 0 aromatic carbocycles. The molecule has 1 fully saturated rings. The Hall–Kier alpha value is -3.24. The molecule has 1 aliphatic rings. The molecule has 6 N–H and O–H groups in total. The summed E-state index contributed by atoms with van der Waals surface area (Å²) in [4.78, 5) is 29.5. The number of imidazole rings is 1. The number of ether oxygens (including phenoxy) is 1. The Labute approximate surface area is 171 Å². The number of aliphatic hydroxyl groups is 2. The van der Waals surface area contributed by atoms with E-state index in [0.717, 1.165) is 5.69 Å². The topological polar surface area (TPSA) is 182 Å². The fourth-order valence-corrected chi connectivity index (χ4v) is 3.10. The van der Waals surface area contributed by atoms with Crippen molar-refractivity contribution in [3.05, 3.63) is 46.2 Å². The molecule has 4 atom stereocenters. The van der Waals surface area contributed by atoms with Gasteiger partial charge in [0, 0.05) is 24.7 Å². The summed E-state index contributed by atoms with van der Waals surface area (Å²) in [6.07, 6.45) is 2.43. The summed E-state index contributed by atoms with van der Waals surface area (Å²) >= 11 is 0. The highest BCUT2D eigenvalue weighted by atomic mass is 16.6. The molecule has 1 saturated heterocycles. The fourth-order valence-electron chi connectivity index (χ4n) is 3.10. The lowest BCUT2D eigenvalue weighted by atomic mass is 10.1. The van der Waals surface area contributed by atoms with Crippen LogP contribution in [0.15, 0.2) is 24.8 Å². The average molecular weight is 418 g/mol. The molecule has 160 valence electrons. The van der Waals surface area contributed by atoms with Gasteiger partial charge in [0.05, 0.1) is 43.3 Å². The van der Waals surface area contributed by atoms with Crippen LogP contribution in [0, 0.1) is 22.0 Å². The van der Waals surface area contributed by atoms with Crippen LogP contribution in [-0.2, 0) is 16.0 Å². The van der Waals surface area contributed by atoms with Gasteiger partial charge in [-0.05, 0) is 4.92 Å². The van der Waals surface area contributed by atoms with Gasteiger partial charge in [0.1, 0.15) is 12.3 Å². The number of nitro groups is 1. The van der Waals surface area contributed by atoms with Crippen molar-refractivity contribution in [2.24, 2.45) is 5.73 Å². The van der Waals surface area contributed by atoms with Gasteiger partial charge in [-0.2, -0.15) is 0 Å². The fraction of sp³-hybridized carbons (Fsp3) is 0.444. The lowest BCUT2D eigenvalue weighted by Gasteiger charge is -2.10. The molecule has 12 nitrogen and oxygen atoms in total. The van der Waals surface area contributed by atoms with Crippen LogP contribution in [0.2, 0.25) is 0 Å². The minimum Gasteiger partial charge on any atom is -0.394 e. The third kappa shape index (κ3) is 5.02. The minimum atomic E-state index is -0.919. The summed E-state index contributed by atoms with van der Waals surface area (Å²) in [6.45, 7) is -0.374. The summed E-state index contributed by atoms with van der Waals surface area (Å²) < 4.78 is 6.74. The zero-order valence-electron chi connectivity index (χ0n) is 15.9. The standard InChI is InChI=1S/C18H22N6O6/c19-13(5-12-7-20-10-22-12)18(27)21-3-1-2-11-4-16(24(28)29)23(8-11)17-6-14(26)15(9-25)30-17/h4,7-8,10,13-15,17,25-26H,3,5-6,9,19H2,(H,20,22)(H,21,27)/t13-,14-,15+,17+/m0/s1. The predicted molar refractivity (Wildman–Crippen MR) is 103 cm³/mol. The molecule has 1 amide bonds. The van der Waals surface area contributed by atoms with Crippen molar-refractivity contribution in [3.8, 4) is 11.8 Å². The first-order valence-corrected chi connectivity index (χ1v) is 9.19. The summed E-state index contributed by atoms with van der Waals surface area (Å²) in [6, 6.07) is 0.515. The first-order chi connectivity index (χ1) is 14.4. The monoisotopic (exact) mass is 418 g/mol. The second kappa shape index (κ2) is 9.51. The van der Waals surface area contributed by atoms with E-state index in [1.165, 1.54) is 23.2 Å². The average Bonchev–Trinajstić information content (AvgIpc) is 3.44. The van der Waals surface area contributed by atoms with Crippen LogP contribution in [0.5, 0.6) is 0 Å². The van der Waals surface area contributed by atoms with Gasteiger partial charge < -0.3 is 41.1 Å². The van der Waals surface area contributed by atoms with Gasteiger partial charge in [0.2, 0.25) is 12.1 Å². The maximum absolute atomic E-state index is 12.0. The number of nitrogens with one attached hydrogen (secondary N) is 2. The van der Waals surface area contributed by atoms with E-state index in [1.54, 1.807) is 6.20 Å². The maximum atomic E-state index is 12.0. The Bertz CT molecular complexity index is 946. The Morgan fingerprint density at radius 2 is 2.40 bits per heavy atom. The van der Waals surface area contributed by atoms with Gasteiger partial charge in [-0.1, -0.05) is 11.8 Å². The van der Waals surface area contributed by atoms with E-state index in [2.05, 4.69) is 27.1 Å². The molecule has 2 aromatic rings. The number of hydrogen-bond acceptors (Lipinski definition) is 8. The number of aromatic amines is 1. The molecular formula is C18H22N6O6. The summed E-state index contributed by atoms with van der Waals surface area (Å²) in [5.74, 6) is 4.83. The number of amides is 1. The van der Waals surface area contributed by atoms with Gasteiger partial charge in [0.15, 0.2) is 0 Å². The molecule has 3 heterocycles. The van der Waals surface area contributed by atoms with Gasteiger partial charge in [-0.3, -0.25) is 4.79 Å². The molecule has 0 unspecified atom stereocenters. The number of carbonyl (C=O) groups excluding carboxylic acids is 1. The highest BCUT2D eigenvalue weighted by Crippen LogP contribution is 2.32. The Morgan fingerprint density at radius 3 is 3.03 bits per heavy atom. The number of aliphatic hydroxyl groups excluding tert-OH is 2. The van der Waals surface area contributed by atoms with Crippen molar-refractivity contribution < 1.29 is 24.7 Å². The Morgan fingerprint density at radius 1 is 1.60 bits per heavy atom. The number of aromatic nitrogens is 3. The Balaban J connectivity index is 1.60. The molecule has 0 radical (unpaired) electrons. The van der Waals surface area contributed by atoms with Crippen LogP contribution >= 0.6 is 0 Å². The van der Waals surface area contributed by atoms with E-state index >= 15 is 0 Å². The molecular weight excluding hydrogens is 396 g/mol. The van der Waals surface area contributed by atoms with Crippen molar-refractivity contribution in [1.29, 1.82) is 0 Å². The van der Waals surface area contributed by atoms with Crippen LogP contribution in [-0.4, -0.2) is 67.0 Å². The minimum absolute atomic E-state index is 0.0136. The second-order valence-electron chi connectivity index (χ2n) is 6.77. The molecule has 3 rings (SSSR count). The first-order valence-electron chi connectivity index (χ1n) is 9.19. The SMILES string of the molecule is N[C@@H](Cc1cnc[nH]1)C(=O)NCC#Cc1cc([N+](=O)[O-])n([C@H]2C[C@H](O)[C@@H](CO)O2)c1. The molecule has 0 spiro atoms.